The van der Waals surface area contributed by atoms with E-state index < -0.39 is 17.4 Å². The number of halogens is 2. The fourth-order valence-electron chi connectivity index (χ4n) is 2.54. The molecule has 0 atom stereocenters. The van der Waals surface area contributed by atoms with Gasteiger partial charge in [0.2, 0.25) is 5.91 Å². The molecule has 0 saturated carbocycles. The summed E-state index contributed by atoms with van der Waals surface area (Å²) >= 11 is 1.09. The molecule has 1 N–H and O–H groups in total. The van der Waals surface area contributed by atoms with Crippen LogP contribution in [0.5, 0.6) is 5.75 Å². The summed E-state index contributed by atoms with van der Waals surface area (Å²) in [5.74, 6) is -0.479. The van der Waals surface area contributed by atoms with E-state index in [1.165, 1.54) is 36.7 Å². The van der Waals surface area contributed by atoms with Gasteiger partial charge in [-0.3, -0.25) is 19.6 Å². The van der Waals surface area contributed by atoms with Crippen LogP contribution in [-0.4, -0.2) is 32.2 Å². The number of carbonyl (C=O) groups excluding carboxylic acids is 1. The molecule has 1 aromatic carbocycles. The number of nitrogens with zero attached hydrogens (tertiary/aromatic N) is 4. The number of aromatic nitrogens is 3. The Labute approximate surface area is 154 Å². The highest BCUT2D eigenvalue weighted by Gasteiger charge is 2.23. The lowest BCUT2D eigenvalue weighted by Gasteiger charge is -2.03. The van der Waals surface area contributed by atoms with E-state index in [9.17, 15) is 23.7 Å². The lowest BCUT2D eigenvalue weighted by molar-refractivity contribution is -0.386. The van der Waals surface area contributed by atoms with Gasteiger partial charge in [-0.05, 0) is 32.0 Å². The number of aryl methyl sites for hydroxylation is 1. The van der Waals surface area contributed by atoms with E-state index in [1.54, 1.807) is 0 Å². The smallest absolute Gasteiger partial charge is 0.387 e. The molecule has 1 amide bonds. The van der Waals surface area contributed by atoms with Crippen molar-refractivity contribution in [2.24, 2.45) is 0 Å². The van der Waals surface area contributed by atoms with E-state index in [-0.39, 0.29) is 34.5 Å². The third-order valence-electron chi connectivity index (χ3n) is 3.65. The summed E-state index contributed by atoms with van der Waals surface area (Å²) in [5.41, 5.74) is 0.871. The summed E-state index contributed by atoms with van der Waals surface area (Å²) in [6.45, 7) is -0.157. The molecule has 142 valence electrons. The number of fused-ring (bicyclic) bond motifs is 1. The predicted molar refractivity (Wildman–Crippen MR) is 93.2 cm³/mol. The van der Waals surface area contributed by atoms with Crippen LogP contribution in [0.4, 0.5) is 19.6 Å². The molecule has 0 aliphatic heterocycles. The largest absolute Gasteiger partial charge is 0.435 e. The van der Waals surface area contributed by atoms with Gasteiger partial charge in [0.05, 0.1) is 15.1 Å². The van der Waals surface area contributed by atoms with E-state index in [2.05, 4.69) is 20.1 Å². The molecule has 3 rings (SSSR count). The highest BCUT2D eigenvalue weighted by Crippen LogP contribution is 2.30. The molecule has 0 radical (unpaired) electrons. The number of benzene rings is 1. The Morgan fingerprint density at radius 2 is 2.19 bits per heavy atom. The van der Waals surface area contributed by atoms with Gasteiger partial charge < -0.3 is 10.1 Å². The average Bonchev–Trinajstić information content (AvgIpc) is 3.06. The number of alkyl halides is 2. The first-order chi connectivity index (χ1) is 12.7. The van der Waals surface area contributed by atoms with Crippen LogP contribution in [0.2, 0.25) is 0 Å². The van der Waals surface area contributed by atoms with Gasteiger partial charge >= 0.3 is 12.3 Å². The second kappa shape index (κ2) is 7.23. The van der Waals surface area contributed by atoms with Gasteiger partial charge in [0.1, 0.15) is 23.7 Å². The maximum Gasteiger partial charge on any atom is 0.387 e. The van der Waals surface area contributed by atoms with Crippen molar-refractivity contribution in [3.63, 3.8) is 0 Å². The van der Waals surface area contributed by atoms with Crippen molar-refractivity contribution in [2.75, 3.05) is 5.32 Å². The molecule has 0 spiro atoms. The van der Waals surface area contributed by atoms with Crippen molar-refractivity contribution in [1.82, 2.24) is 14.8 Å². The van der Waals surface area contributed by atoms with Gasteiger partial charge in [0.15, 0.2) is 5.13 Å². The molecule has 0 aliphatic rings. The van der Waals surface area contributed by atoms with Crippen molar-refractivity contribution < 1.29 is 23.2 Å². The lowest BCUT2D eigenvalue weighted by atomic mass is 10.3. The number of hydrogen-bond donors (Lipinski definition) is 1. The number of nitrogens with one attached hydrogen (secondary N) is 1. The van der Waals surface area contributed by atoms with Gasteiger partial charge in [-0.25, -0.2) is 4.98 Å². The molecule has 12 heteroatoms. The number of carbonyl (C=O) groups is 1. The van der Waals surface area contributed by atoms with Crippen molar-refractivity contribution in [1.29, 1.82) is 0 Å². The number of amides is 1. The van der Waals surface area contributed by atoms with Crippen molar-refractivity contribution >= 4 is 38.3 Å². The minimum absolute atomic E-state index is 0.00558. The van der Waals surface area contributed by atoms with Crippen LogP contribution in [-0.2, 0) is 11.3 Å². The highest BCUT2D eigenvalue weighted by atomic mass is 32.1. The molecular formula is C15H13F2N5O4S. The first-order valence-electron chi connectivity index (χ1n) is 7.58. The fraction of sp³-hybridized carbons (Fsp3) is 0.267. The van der Waals surface area contributed by atoms with E-state index in [0.29, 0.717) is 10.2 Å². The van der Waals surface area contributed by atoms with Crippen LogP contribution >= 0.6 is 11.3 Å². The molecule has 0 bridgehead atoms. The maximum atomic E-state index is 12.3. The Hall–Kier alpha value is -3.15. The van der Waals surface area contributed by atoms with E-state index in [0.717, 1.165) is 11.3 Å². The Morgan fingerprint density at radius 1 is 1.44 bits per heavy atom. The van der Waals surface area contributed by atoms with Crippen LogP contribution < -0.4 is 10.1 Å². The standard InChI is InChI=1S/C15H13F2N5O4S/c1-7-13(22(24)25)8(2)21(20-7)6-12(23)19-15-18-10-4-3-9(26-14(16)17)5-11(10)27-15/h3-5,14H,6H2,1-2H3,(H,18,19,23). The number of thiazole rings is 1. The van der Waals surface area contributed by atoms with Crippen LogP contribution in [0, 0.1) is 24.0 Å². The number of rotatable bonds is 6. The van der Waals surface area contributed by atoms with E-state index in [4.69, 9.17) is 0 Å². The molecule has 0 fully saturated rings. The third kappa shape index (κ3) is 4.00. The molecule has 0 unspecified atom stereocenters. The predicted octanol–water partition coefficient (Wildman–Crippen LogP) is 3.26. The van der Waals surface area contributed by atoms with Crippen LogP contribution in [0.3, 0.4) is 0 Å². The topological polar surface area (TPSA) is 112 Å². The molecule has 0 saturated heterocycles. The lowest BCUT2D eigenvalue weighted by Crippen LogP contribution is -2.20. The summed E-state index contributed by atoms with van der Waals surface area (Å²) in [7, 11) is 0. The van der Waals surface area contributed by atoms with E-state index >= 15 is 0 Å². The minimum atomic E-state index is -2.93. The fourth-order valence-corrected chi connectivity index (χ4v) is 3.45. The maximum absolute atomic E-state index is 12.3. The van der Waals surface area contributed by atoms with Crippen LogP contribution in [0.25, 0.3) is 10.2 Å². The van der Waals surface area contributed by atoms with Crippen molar-refractivity contribution in [3.8, 4) is 5.75 Å². The van der Waals surface area contributed by atoms with Gasteiger partial charge in [0.25, 0.3) is 0 Å². The van der Waals surface area contributed by atoms with Crippen LogP contribution in [0.15, 0.2) is 18.2 Å². The normalized spacial score (nSPS) is 11.1. The number of hydrogen-bond acceptors (Lipinski definition) is 7. The Kier molecular flexibility index (Phi) is 4.99. The molecular weight excluding hydrogens is 384 g/mol. The van der Waals surface area contributed by atoms with Crippen LogP contribution in [0.1, 0.15) is 11.4 Å². The molecule has 27 heavy (non-hydrogen) atoms. The first-order valence-corrected chi connectivity index (χ1v) is 8.40. The molecule has 0 aliphatic carbocycles. The highest BCUT2D eigenvalue weighted by molar-refractivity contribution is 7.22. The Bertz CT molecular complexity index is 1030. The summed E-state index contributed by atoms with van der Waals surface area (Å²) in [6.07, 6.45) is 0. The number of nitro groups is 1. The molecule has 9 nitrogen and oxygen atoms in total. The van der Waals surface area contributed by atoms with Crippen molar-refractivity contribution in [3.05, 3.63) is 39.7 Å². The average molecular weight is 397 g/mol. The monoisotopic (exact) mass is 397 g/mol. The number of ether oxygens (including phenoxy) is 1. The SMILES string of the molecule is Cc1nn(CC(=O)Nc2nc3ccc(OC(F)F)cc3s2)c(C)c1[N+](=O)[O-]. The Balaban J connectivity index is 1.74. The summed E-state index contributed by atoms with van der Waals surface area (Å²) in [6, 6.07) is 4.26. The second-order valence-electron chi connectivity index (χ2n) is 5.51. The van der Waals surface area contributed by atoms with E-state index in [1.807, 2.05) is 0 Å². The zero-order chi connectivity index (χ0) is 19.7. The zero-order valence-electron chi connectivity index (χ0n) is 14.1. The van der Waals surface area contributed by atoms with Crippen molar-refractivity contribution in [2.45, 2.75) is 27.0 Å². The van der Waals surface area contributed by atoms with Gasteiger partial charge in [-0.1, -0.05) is 11.3 Å². The second-order valence-corrected chi connectivity index (χ2v) is 6.54. The minimum Gasteiger partial charge on any atom is -0.435 e. The summed E-state index contributed by atoms with van der Waals surface area (Å²) in [5, 5.41) is 17.9. The summed E-state index contributed by atoms with van der Waals surface area (Å²) in [4.78, 5) is 26.9. The number of anilines is 1. The quantitative estimate of drug-likeness (QED) is 0.505. The molecule has 2 aromatic heterocycles. The molecule has 3 aromatic rings. The van der Waals surface area contributed by atoms with Gasteiger partial charge in [-0.2, -0.15) is 13.9 Å². The zero-order valence-corrected chi connectivity index (χ0v) is 14.9. The molecule has 2 heterocycles. The first kappa shape index (κ1) is 18.6. The Morgan fingerprint density at radius 3 is 2.81 bits per heavy atom. The third-order valence-corrected chi connectivity index (χ3v) is 4.58. The summed E-state index contributed by atoms with van der Waals surface area (Å²) < 4.78 is 30.7. The van der Waals surface area contributed by atoms with Gasteiger partial charge in [0, 0.05) is 0 Å². The van der Waals surface area contributed by atoms with Gasteiger partial charge in [-0.15, -0.1) is 0 Å².